The average Bonchev–Trinajstić information content (AvgIpc) is 2.99. The van der Waals surface area contributed by atoms with Gasteiger partial charge in [-0.3, -0.25) is 0 Å². The molecule has 0 saturated heterocycles. The molecule has 204 valence electrons. The zero-order valence-corrected chi connectivity index (χ0v) is 28.6. The summed E-state index contributed by atoms with van der Waals surface area (Å²) in [7, 11) is -3.87. The van der Waals surface area contributed by atoms with Crippen LogP contribution in [-0.2, 0) is 9.84 Å². The van der Waals surface area contributed by atoms with Crippen LogP contribution in [0, 0.1) is 6.07 Å². The van der Waals surface area contributed by atoms with Crippen LogP contribution in [0.5, 0.6) is 11.5 Å². The number of hydrogen-bond donors (Lipinski definition) is 0. The quantitative estimate of drug-likeness (QED) is 0.191. The van der Waals surface area contributed by atoms with Gasteiger partial charge in [-0.2, -0.15) is 6.07 Å². The zero-order chi connectivity index (χ0) is 27.7. The molecule has 0 radical (unpaired) electrons. The third-order valence-electron chi connectivity index (χ3n) is 8.88. The third-order valence-corrected chi connectivity index (χ3v) is 19.4. The molecule has 1 aliphatic heterocycles. The summed E-state index contributed by atoms with van der Waals surface area (Å²) in [6.45, 7) is 32.7. The molecule has 2 atom stereocenters. The molecule has 1 aromatic carbocycles. The van der Waals surface area contributed by atoms with Gasteiger partial charge in [0.15, 0.2) is 8.32 Å². The van der Waals surface area contributed by atoms with Crippen LogP contribution in [0.1, 0.15) is 88.6 Å². The van der Waals surface area contributed by atoms with Crippen LogP contribution < -0.4 is 28.0 Å². The van der Waals surface area contributed by atoms with Crippen LogP contribution in [0.3, 0.4) is 0 Å². The van der Waals surface area contributed by atoms with Crippen molar-refractivity contribution in [3.63, 3.8) is 0 Å². The Morgan fingerprint density at radius 1 is 1.11 bits per heavy atom. The Labute approximate surface area is 243 Å². The standard InChI is InChI=1S/C31H53O3Si2.Li/c1-22(2)36(23(3)4,24(5)6)34-28-19-15-18-27-29(28)31(12,26(8)33-27)20-16-17-25(7)21-32-35(13,14)30(9,10)11;/h15-17,19-20,22-24,26H,21H2,1-14H3;/q-1;+1/b20-16+,25-17+;/t26-,31+;/m1./s1. The molecule has 3 nitrogen and oxygen atoms in total. The molecule has 1 heterocycles. The van der Waals surface area contributed by atoms with Gasteiger partial charge in [0.1, 0.15) is 0 Å². The van der Waals surface area contributed by atoms with Crippen molar-refractivity contribution < 1.29 is 32.4 Å². The second-order valence-corrected chi connectivity index (χ2v) is 23.6. The first-order valence-electron chi connectivity index (χ1n) is 13.8. The second-order valence-electron chi connectivity index (χ2n) is 13.4. The molecule has 1 aromatic rings. The molecular formula is C31H53LiO3Si2. The van der Waals surface area contributed by atoms with E-state index in [2.05, 4.69) is 127 Å². The number of rotatable bonds is 10. The predicted molar refractivity (Wildman–Crippen MR) is 160 cm³/mol. The monoisotopic (exact) mass is 536 g/mol. The molecule has 37 heavy (non-hydrogen) atoms. The van der Waals surface area contributed by atoms with Crippen LogP contribution in [0.15, 0.2) is 35.9 Å². The summed E-state index contributed by atoms with van der Waals surface area (Å²) in [5.41, 5.74) is 3.58. The number of benzene rings is 1. The molecule has 0 aliphatic carbocycles. The van der Waals surface area contributed by atoms with Crippen LogP contribution >= 0.6 is 0 Å². The van der Waals surface area contributed by atoms with Crippen molar-refractivity contribution in [2.45, 2.75) is 129 Å². The summed E-state index contributed by atoms with van der Waals surface area (Å²) in [6, 6.07) is 7.41. The maximum absolute atomic E-state index is 7.18. The number of allylic oxidation sites excluding steroid dienone is 2. The van der Waals surface area contributed by atoms with Gasteiger partial charge in [-0.05, 0) is 59.9 Å². The van der Waals surface area contributed by atoms with E-state index < -0.39 is 16.6 Å². The maximum Gasteiger partial charge on any atom is 1.00 e. The summed E-state index contributed by atoms with van der Waals surface area (Å²) >= 11 is 0. The van der Waals surface area contributed by atoms with Crippen LogP contribution in [-0.4, -0.2) is 29.3 Å². The first kappa shape index (κ1) is 34.3. The fourth-order valence-electron chi connectivity index (χ4n) is 5.38. The molecule has 1 aliphatic rings. The van der Waals surface area contributed by atoms with Gasteiger partial charge in [0, 0.05) is 11.2 Å². The third kappa shape index (κ3) is 7.09. The number of ether oxygens (including phenoxy) is 1. The van der Waals surface area contributed by atoms with Crippen LogP contribution in [0.2, 0.25) is 34.8 Å². The Bertz CT molecular complexity index is 938. The second kappa shape index (κ2) is 12.6. The van der Waals surface area contributed by atoms with E-state index in [1.165, 1.54) is 5.57 Å². The smallest absolute Gasteiger partial charge is 0.563 e. The summed E-state index contributed by atoms with van der Waals surface area (Å²) in [5, 5.41) is 0.213. The number of fused-ring (bicyclic) bond motifs is 1. The summed E-state index contributed by atoms with van der Waals surface area (Å²) in [5.74, 6) is 1.80. The summed E-state index contributed by atoms with van der Waals surface area (Å²) in [4.78, 5) is 0. The largest absolute Gasteiger partial charge is 1.00 e. The molecule has 0 spiro atoms. The van der Waals surface area contributed by atoms with Gasteiger partial charge >= 0.3 is 18.9 Å². The van der Waals surface area contributed by atoms with Crippen molar-refractivity contribution in [2.75, 3.05) is 6.61 Å². The Morgan fingerprint density at radius 2 is 1.65 bits per heavy atom. The summed E-state index contributed by atoms with van der Waals surface area (Å²) in [6.07, 6.45) is 6.64. The molecule has 0 amide bonds. The van der Waals surface area contributed by atoms with Gasteiger partial charge in [0.25, 0.3) is 8.32 Å². The normalized spacial score (nSPS) is 21.0. The molecule has 6 heteroatoms. The molecule has 0 unspecified atom stereocenters. The molecular weight excluding hydrogens is 483 g/mol. The molecule has 0 fully saturated rings. The Hall–Kier alpha value is -0.709. The first-order chi connectivity index (χ1) is 16.4. The van der Waals surface area contributed by atoms with Crippen molar-refractivity contribution in [1.82, 2.24) is 0 Å². The Kier molecular flexibility index (Phi) is 11.7. The minimum absolute atomic E-state index is 0. The van der Waals surface area contributed by atoms with Gasteiger partial charge in [0.2, 0.25) is 0 Å². The molecule has 0 saturated carbocycles. The average molecular weight is 537 g/mol. The van der Waals surface area contributed by atoms with Gasteiger partial charge in [0.05, 0.1) is 12.7 Å². The molecule has 0 N–H and O–H groups in total. The topological polar surface area (TPSA) is 27.7 Å². The van der Waals surface area contributed by atoms with Gasteiger partial charge < -0.3 is 13.6 Å². The van der Waals surface area contributed by atoms with Gasteiger partial charge in [-0.15, -0.1) is 12.1 Å². The molecule has 0 bridgehead atoms. The van der Waals surface area contributed by atoms with E-state index in [1.54, 1.807) is 0 Å². The van der Waals surface area contributed by atoms with Crippen molar-refractivity contribution in [1.29, 1.82) is 0 Å². The van der Waals surface area contributed by atoms with Crippen molar-refractivity contribution >= 4 is 16.6 Å². The van der Waals surface area contributed by atoms with Crippen molar-refractivity contribution in [2.24, 2.45) is 0 Å². The van der Waals surface area contributed by atoms with E-state index in [0.29, 0.717) is 23.2 Å². The van der Waals surface area contributed by atoms with E-state index >= 15 is 0 Å². The number of hydrogen-bond acceptors (Lipinski definition) is 3. The summed E-state index contributed by atoms with van der Waals surface area (Å²) < 4.78 is 19.9. The Morgan fingerprint density at radius 3 is 2.14 bits per heavy atom. The fourth-order valence-corrected chi connectivity index (χ4v) is 11.7. The van der Waals surface area contributed by atoms with Crippen molar-refractivity contribution in [3.8, 4) is 11.5 Å². The van der Waals surface area contributed by atoms with E-state index in [0.717, 1.165) is 17.1 Å². The fraction of sp³-hybridized carbons (Fsp3) is 0.677. The molecule has 2 rings (SSSR count). The van der Waals surface area contributed by atoms with Crippen molar-refractivity contribution in [3.05, 3.63) is 47.6 Å². The predicted octanol–water partition coefficient (Wildman–Crippen LogP) is 6.61. The maximum atomic E-state index is 7.18. The van der Waals surface area contributed by atoms with Crippen LogP contribution in [0.4, 0.5) is 0 Å². The minimum atomic E-state index is -2.11. The zero-order valence-electron chi connectivity index (χ0n) is 26.6. The van der Waals surface area contributed by atoms with E-state index in [9.17, 15) is 0 Å². The van der Waals surface area contributed by atoms with Gasteiger partial charge in [-0.25, -0.2) is 0 Å². The van der Waals surface area contributed by atoms with E-state index in [-0.39, 0.29) is 35.4 Å². The van der Waals surface area contributed by atoms with E-state index in [4.69, 9.17) is 13.6 Å². The SMILES string of the molecule is C/C(=C\C=C\[C@]1(C)c2c([c-]ccc2O[Si](C(C)C)(C(C)C)C(C)C)O[C@@H]1C)CO[Si](C)(C)C(C)(C)C.[Li+]. The molecule has 0 aromatic heterocycles. The first-order valence-corrected chi connectivity index (χ1v) is 18.8. The minimum Gasteiger partial charge on any atom is -0.563 e. The van der Waals surface area contributed by atoms with Crippen LogP contribution in [0.25, 0.3) is 0 Å². The Balaban J connectivity index is 0.00000684. The van der Waals surface area contributed by atoms with E-state index in [1.807, 2.05) is 6.07 Å². The van der Waals surface area contributed by atoms with Gasteiger partial charge in [-0.1, -0.05) is 93.0 Å².